The van der Waals surface area contributed by atoms with Gasteiger partial charge < -0.3 is 5.32 Å². The van der Waals surface area contributed by atoms with Gasteiger partial charge in [-0.15, -0.1) is 0 Å². The molecule has 1 atom stereocenters. The van der Waals surface area contributed by atoms with E-state index in [0.29, 0.717) is 5.95 Å². The number of hydrogen-bond acceptors (Lipinski definition) is 6. The van der Waals surface area contributed by atoms with Crippen molar-refractivity contribution >= 4 is 21.4 Å². The zero-order valence-electron chi connectivity index (χ0n) is 9.83. The van der Waals surface area contributed by atoms with Gasteiger partial charge in [0.1, 0.15) is 12.7 Å². The number of nitrogens with one attached hydrogen (secondary N) is 2. The van der Waals surface area contributed by atoms with Gasteiger partial charge >= 0.3 is 0 Å². The highest BCUT2D eigenvalue weighted by molar-refractivity contribution is 7.90. The van der Waals surface area contributed by atoms with E-state index in [1.807, 2.05) is 24.3 Å². The lowest BCUT2D eigenvalue weighted by Gasteiger charge is -2.06. The average Bonchev–Trinajstić information content (AvgIpc) is 2.28. The SMILES string of the molecule is CS(=N)(=O)Cc1cccc(Nc2ncncn2)c1. The second kappa shape index (κ2) is 5.09. The molecule has 0 saturated carbocycles. The molecule has 0 saturated heterocycles. The van der Waals surface area contributed by atoms with Gasteiger partial charge in [0, 0.05) is 21.7 Å². The number of nitrogens with zero attached hydrogens (tertiary/aromatic N) is 3. The summed E-state index contributed by atoms with van der Waals surface area (Å²) in [6.45, 7) is 0. The largest absolute Gasteiger partial charge is 0.324 e. The zero-order valence-corrected chi connectivity index (χ0v) is 10.6. The van der Waals surface area contributed by atoms with E-state index >= 15 is 0 Å². The molecular weight excluding hydrogens is 250 g/mol. The fourth-order valence-electron chi connectivity index (χ4n) is 1.49. The number of rotatable bonds is 4. The fourth-order valence-corrected chi connectivity index (χ4v) is 2.31. The van der Waals surface area contributed by atoms with Crippen molar-refractivity contribution in [3.8, 4) is 0 Å². The highest BCUT2D eigenvalue weighted by atomic mass is 32.2. The Hall–Kier alpha value is -2.02. The van der Waals surface area contributed by atoms with Crippen LogP contribution in [-0.2, 0) is 15.5 Å². The number of benzene rings is 1. The lowest BCUT2D eigenvalue weighted by molar-refractivity contribution is 0.678. The van der Waals surface area contributed by atoms with E-state index in [2.05, 4.69) is 20.3 Å². The smallest absolute Gasteiger partial charge is 0.230 e. The molecule has 0 aliphatic carbocycles. The lowest BCUT2D eigenvalue weighted by atomic mass is 10.2. The fraction of sp³-hybridized carbons (Fsp3) is 0.182. The van der Waals surface area contributed by atoms with Gasteiger partial charge in [0.05, 0.1) is 5.75 Å². The van der Waals surface area contributed by atoms with Crippen molar-refractivity contribution in [3.05, 3.63) is 42.5 Å². The van der Waals surface area contributed by atoms with Crippen molar-refractivity contribution in [2.45, 2.75) is 5.75 Å². The Morgan fingerprint density at radius 2 is 2.06 bits per heavy atom. The maximum Gasteiger partial charge on any atom is 0.230 e. The third kappa shape index (κ3) is 3.77. The molecule has 6 nitrogen and oxygen atoms in total. The van der Waals surface area contributed by atoms with Crippen molar-refractivity contribution in [1.29, 1.82) is 4.78 Å². The monoisotopic (exact) mass is 263 g/mol. The van der Waals surface area contributed by atoms with Crippen molar-refractivity contribution in [1.82, 2.24) is 15.0 Å². The average molecular weight is 263 g/mol. The normalized spacial score (nSPS) is 13.8. The van der Waals surface area contributed by atoms with Gasteiger partial charge in [0.25, 0.3) is 0 Å². The quantitative estimate of drug-likeness (QED) is 0.877. The van der Waals surface area contributed by atoms with Crippen LogP contribution in [-0.4, -0.2) is 25.4 Å². The van der Waals surface area contributed by atoms with Crippen molar-refractivity contribution < 1.29 is 4.21 Å². The molecule has 0 aliphatic rings. The highest BCUT2D eigenvalue weighted by Gasteiger charge is 2.03. The molecule has 7 heteroatoms. The van der Waals surface area contributed by atoms with Crippen LogP contribution < -0.4 is 5.32 Å². The van der Waals surface area contributed by atoms with E-state index in [1.165, 1.54) is 18.9 Å². The topological polar surface area (TPSA) is 91.6 Å². The van der Waals surface area contributed by atoms with E-state index in [1.54, 1.807) is 0 Å². The van der Waals surface area contributed by atoms with Crippen LogP contribution in [0.2, 0.25) is 0 Å². The van der Waals surface area contributed by atoms with E-state index in [9.17, 15) is 4.21 Å². The third-order valence-electron chi connectivity index (χ3n) is 2.12. The van der Waals surface area contributed by atoms with E-state index in [0.717, 1.165) is 11.3 Å². The molecule has 0 radical (unpaired) electrons. The molecule has 2 rings (SSSR count). The summed E-state index contributed by atoms with van der Waals surface area (Å²) in [7, 11) is -2.54. The van der Waals surface area contributed by atoms with Gasteiger partial charge in [0.15, 0.2) is 0 Å². The van der Waals surface area contributed by atoms with Crippen LogP contribution in [0.3, 0.4) is 0 Å². The Kier molecular flexibility index (Phi) is 3.52. The molecule has 2 aromatic rings. The first-order valence-electron chi connectivity index (χ1n) is 5.22. The summed E-state index contributed by atoms with van der Waals surface area (Å²) >= 11 is 0. The summed E-state index contributed by atoms with van der Waals surface area (Å²) in [5.41, 5.74) is 1.64. The van der Waals surface area contributed by atoms with Crippen LogP contribution >= 0.6 is 0 Å². The summed E-state index contributed by atoms with van der Waals surface area (Å²) in [6, 6.07) is 7.37. The maximum atomic E-state index is 11.4. The van der Waals surface area contributed by atoms with Crippen LogP contribution in [0.25, 0.3) is 0 Å². The van der Waals surface area contributed by atoms with Crippen LogP contribution in [0, 0.1) is 4.78 Å². The molecule has 2 N–H and O–H groups in total. The predicted molar refractivity (Wildman–Crippen MR) is 70.0 cm³/mol. The number of hydrogen-bond donors (Lipinski definition) is 2. The Morgan fingerprint density at radius 1 is 1.33 bits per heavy atom. The summed E-state index contributed by atoms with van der Waals surface area (Å²) in [4.78, 5) is 11.6. The molecule has 0 amide bonds. The van der Waals surface area contributed by atoms with Gasteiger partial charge in [-0.25, -0.2) is 19.2 Å². The second-order valence-electron chi connectivity index (χ2n) is 3.94. The predicted octanol–water partition coefficient (Wildman–Crippen LogP) is 1.79. The van der Waals surface area contributed by atoms with Crippen LogP contribution in [0.1, 0.15) is 5.56 Å². The van der Waals surface area contributed by atoms with Gasteiger partial charge in [-0.3, -0.25) is 4.78 Å². The lowest BCUT2D eigenvalue weighted by Crippen LogP contribution is -2.00. The summed E-state index contributed by atoms with van der Waals surface area (Å²) in [6.07, 6.45) is 4.24. The van der Waals surface area contributed by atoms with Gasteiger partial charge in [-0.1, -0.05) is 12.1 Å². The Bertz CT molecular complexity index is 627. The first-order chi connectivity index (χ1) is 8.53. The first kappa shape index (κ1) is 12.4. The standard InChI is InChI=1S/C11H13N5OS/c1-18(12,17)6-9-3-2-4-10(5-9)16-11-14-7-13-8-15-11/h2-5,7-8,12H,6H2,1H3,(H,13,14,15,16). The summed E-state index contributed by atoms with van der Waals surface area (Å²) < 4.78 is 18.9. The van der Waals surface area contributed by atoms with Crippen molar-refractivity contribution in [2.75, 3.05) is 11.6 Å². The molecule has 1 unspecified atom stereocenters. The molecule has 1 aromatic carbocycles. The molecule has 0 aliphatic heterocycles. The number of aromatic nitrogens is 3. The molecule has 1 heterocycles. The molecule has 18 heavy (non-hydrogen) atoms. The first-order valence-corrected chi connectivity index (χ1v) is 7.36. The minimum Gasteiger partial charge on any atom is -0.324 e. The van der Waals surface area contributed by atoms with Gasteiger partial charge in [-0.2, -0.15) is 0 Å². The molecule has 0 fully saturated rings. The second-order valence-corrected chi connectivity index (χ2v) is 6.24. The Morgan fingerprint density at radius 3 is 2.72 bits per heavy atom. The minimum atomic E-state index is -2.54. The number of anilines is 2. The van der Waals surface area contributed by atoms with E-state index < -0.39 is 9.73 Å². The summed E-state index contributed by atoms with van der Waals surface area (Å²) in [5, 5.41) is 3.01. The highest BCUT2D eigenvalue weighted by Crippen LogP contribution is 2.15. The van der Waals surface area contributed by atoms with Crippen LogP contribution in [0.4, 0.5) is 11.6 Å². The molecular formula is C11H13N5OS. The molecule has 94 valence electrons. The molecule has 0 bridgehead atoms. The zero-order chi connectivity index (χ0) is 13.0. The van der Waals surface area contributed by atoms with Crippen LogP contribution in [0.15, 0.2) is 36.9 Å². The Balaban J connectivity index is 2.18. The minimum absolute atomic E-state index is 0.236. The molecule has 0 spiro atoms. The van der Waals surface area contributed by atoms with Crippen molar-refractivity contribution in [2.24, 2.45) is 0 Å². The summed E-state index contributed by atoms with van der Waals surface area (Å²) in [5.74, 6) is 0.685. The third-order valence-corrected chi connectivity index (χ3v) is 3.00. The Labute approximate surface area is 105 Å². The van der Waals surface area contributed by atoms with Crippen LogP contribution in [0.5, 0.6) is 0 Å². The maximum absolute atomic E-state index is 11.4. The van der Waals surface area contributed by atoms with Gasteiger partial charge in [-0.05, 0) is 17.7 Å². The van der Waals surface area contributed by atoms with Crippen molar-refractivity contribution in [3.63, 3.8) is 0 Å². The van der Waals surface area contributed by atoms with Gasteiger partial charge in [0.2, 0.25) is 5.95 Å². The molecule has 1 aromatic heterocycles. The van der Waals surface area contributed by atoms with E-state index in [-0.39, 0.29) is 5.75 Å². The van der Waals surface area contributed by atoms with E-state index in [4.69, 9.17) is 4.78 Å².